The molecule has 2 atom stereocenters. The molecule has 0 aromatic heterocycles. The van der Waals surface area contributed by atoms with Crippen molar-refractivity contribution in [1.82, 2.24) is 0 Å². The summed E-state index contributed by atoms with van der Waals surface area (Å²) < 4.78 is 32.3. The zero-order valence-corrected chi connectivity index (χ0v) is 14.1. The van der Waals surface area contributed by atoms with Crippen LogP contribution in [0.5, 0.6) is 0 Å². The second-order valence-corrected chi connectivity index (χ2v) is 6.41. The second-order valence-electron chi connectivity index (χ2n) is 5.55. The third kappa shape index (κ3) is 6.72. The summed E-state index contributed by atoms with van der Waals surface area (Å²) in [6.07, 6.45) is 0.211. The zero-order valence-electron chi connectivity index (χ0n) is 12.5. The SMILES string of the molecule is CC(C)CC(C)OCC(O)CNc1c(F)cc(F)cc1Br. The van der Waals surface area contributed by atoms with Crippen molar-refractivity contribution in [3.8, 4) is 0 Å². The summed E-state index contributed by atoms with van der Waals surface area (Å²) in [7, 11) is 0. The number of rotatable bonds is 8. The van der Waals surface area contributed by atoms with Crippen LogP contribution in [0.2, 0.25) is 0 Å². The van der Waals surface area contributed by atoms with Crippen LogP contribution in [0.4, 0.5) is 14.5 Å². The van der Waals surface area contributed by atoms with Gasteiger partial charge in [0.25, 0.3) is 0 Å². The maximum atomic E-state index is 13.6. The van der Waals surface area contributed by atoms with E-state index >= 15 is 0 Å². The molecular formula is C15H22BrF2NO2. The van der Waals surface area contributed by atoms with Gasteiger partial charge in [-0.05, 0) is 41.3 Å². The molecule has 21 heavy (non-hydrogen) atoms. The molecule has 2 unspecified atom stereocenters. The maximum Gasteiger partial charge on any atom is 0.150 e. The summed E-state index contributed by atoms with van der Waals surface area (Å²) >= 11 is 3.08. The number of aliphatic hydroxyl groups is 1. The van der Waals surface area contributed by atoms with Crippen LogP contribution in [0.15, 0.2) is 16.6 Å². The highest BCUT2D eigenvalue weighted by Crippen LogP contribution is 2.26. The molecule has 0 aliphatic heterocycles. The Labute approximate surface area is 132 Å². The number of aliphatic hydroxyl groups excluding tert-OH is 1. The molecule has 0 aliphatic rings. The number of hydrogen-bond donors (Lipinski definition) is 2. The predicted octanol–water partition coefficient (Wildman–Crippen LogP) is 3.95. The maximum absolute atomic E-state index is 13.6. The molecule has 0 amide bonds. The molecule has 0 saturated carbocycles. The van der Waals surface area contributed by atoms with Crippen LogP contribution in [-0.4, -0.2) is 30.5 Å². The lowest BCUT2D eigenvalue weighted by molar-refractivity contribution is -0.00445. The van der Waals surface area contributed by atoms with Gasteiger partial charge in [0, 0.05) is 17.1 Å². The van der Waals surface area contributed by atoms with Crippen molar-refractivity contribution in [3.63, 3.8) is 0 Å². The standard InChI is InChI=1S/C15H22BrF2NO2/c1-9(2)4-10(3)21-8-12(20)7-19-15-13(16)5-11(17)6-14(15)18/h5-6,9-10,12,19-20H,4,7-8H2,1-3H3. The Morgan fingerprint density at radius 2 is 1.95 bits per heavy atom. The third-order valence-electron chi connectivity index (χ3n) is 2.90. The van der Waals surface area contributed by atoms with Crippen molar-refractivity contribution >= 4 is 21.6 Å². The van der Waals surface area contributed by atoms with E-state index in [2.05, 4.69) is 35.1 Å². The topological polar surface area (TPSA) is 41.5 Å². The van der Waals surface area contributed by atoms with Crippen molar-refractivity contribution in [2.75, 3.05) is 18.5 Å². The van der Waals surface area contributed by atoms with Crippen LogP contribution in [-0.2, 0) is 4.74 Å². The molecule has 3 nitrogen and oxygen atoms in total. The Morgan fingerprint density at radius 3 is 2.52 bits per heavy atom. The number of halogens is 3. The second kappa shape index (κ2) is 8.66. The zero-order chi connectivity index (χ0) is 16.0. The van der Waals surface area contributed by atoms with Gasteiger partial charge < -0.3 is 15.2 Å². The molecule has 0 fully saturated rings. The fourth-order valence-corrected chi connectivity index (χ4v) is 2.55. The monoisotopic (exact) mass is 365 g/mol. The fraction of sp³-hybridized carbons (Fsp3) is 0.600. The van der Waals surface area contributed by atoms with E-state index in [0.29, 0.717) is 5.92 Å². The van der Waals surface area contributed by atoms with Gasteiger partial charge in [0.2, 0.25) is 0 Å². The van der Waals surface area contributed by atoms with Crippen LogP contribution in [0.3, 0.4) is 0 Å². The van der Waals surface area contributed by atoms with Gasteiger partial charge in [-0.1, -0.05) is 13.8 Å². The van der Waals surface area contributed by atoms with Crippen molar-refractivity contribution in [2.24, 2.45) is 5.92 Å². The lowest BCUT2D eigenvalue weighted by Crippen LogP contribution is -2.27. The first-order valence-electron chi connectivity index (χ1n) is 6.97. The Morgan fingerprint density at radius 1 is 1.29 bits per heavy atom. The van der Waals surface area contributed by atoms with E-state index in [-0.39, 0.29) is 29.4 Å². The van der Waals surface area contributed by atoms with Crippen LogP contribution in [0, 0.1) is 17.6 Å². The predicted molar refractivity (Wildman–Crippen MR) is 83.4 cm³/mol. The number of benzene rings is 1. The molecule has 6 heteroatoms. The van der Waals surface area contributed by atoms with Crippen molar-refractivity contribution in [3.05, 3.63) is 28.2 Å². The van der Waals surface area contributed by atoms with Crippen LogP contribution in [0.25, 0.3) is 0 Å². The van der Waals surface area contributed by atoms with Gasteiger partial charge in [0.05, 0.1) is 24.5 Å². The number of nitrogens with one attached hydrogen (secondary N) is 1. The molecule has 1 aromatic rings. The lowest BCUT2D eigenvalue weighted by Gasteiger charge is -2.19. The summed E-state index contributed by atoms with van der Waals surface area (Å²) in [4.78, 5) is 0. The first-order valence-corrected chi connectivity index (χ1v) is 7.77. The minimum atomic E-state index is -0.768. The fourth-order valence-electron chi connectivity index (χ4n) is 2.00. The highest BCUT2D eigenvalue weighted by atomic mass is 79.9. The summed E-state index contributed by atoms with van der Waals surface area (Å²) in [5.41, 5.74) is 0.130. The van der Waals surface area contributed by atoms with Gasteiger partial charge >= 0.3 is 0 Å². The average Bonchev–Trinajstić information content (AvgIpc) is 2.34. The number of ether oxygens (including phenoxy) is 1. The van der Waals surface area contributed by atoms with Gasteiger partial charge in [0.15, 0.2) is 0 Å². The van der Waals surface area contributed by atoms with Crippen molar-refractivity contribution < 1.29 is 18.6 Å². The molecular weight excluding hydrogens is 344 g/mol. The van der Waals surface area contributed by atoms with Gasteiger partial charge in [-0.15, -0.1) is 0 Å². The highest BCUT2D eigenvalue weighted by molar-refractivity contribution is 9.10. The summed E-state index contributed by atoms with van der Waals surface area (Å²) in [5.74, 6) is -0.834. The van der Waals surface area contributed by atoms with E-state index in [9.17, 15) is 13.9 Å². The van der Waals surface area contributed by atoms with Crippen LogP contribution < -0.4 is 5.32 Å². The number of anilines is 1. The minimum absolute atomic E-state index is 0.0638. The van der Waals surface area contributed by atoms with Crippen molar-refractivity contribution in [1.29, 1.82) is 0 Å². The first kappa shape index (κ1) is 18.3. The molecule has 0 heterocycles. The Hall–Kier alpha value is -0.720. The summed E-state index contributed by atoms with van der Waals surface area (Å²) in [5, 5.41) is 12.6. The Bertz CT molecular complexity index is 434. The van der Waals surface area contributed by atoms with Gasteiger partial charge in [-0.25, -0.2) is 8.78 Å². The first-order chi connectivity index (χ1) is 9.79. The van der Waals surface area contributed by atoms with Crippen LogP contribution >= 0.6 is 15.9 Å². The van der Waals surface area contributed by atoms with Crippen molar-refractivity contribution in [2.45, 2.75) is 39.4 Å². The molecule has 120 valence electrons. The molecule has 0 radical (unpaired) electrons. The van der Waals surface area contributed by atoms with E-state index in [0.717, 1.165) is 12.5 Å². The van der Waals surface area contributed by atoms with E-state index < -0.39 is 17.7 Å². The third-order valence-corrected chi connectivity index (χ3v) is 3.52. The smallest absolute Gasteiger partial charge is 0.150 e. The molecule has 2 N–H and O–H groups in total. The molecule has 0 bridgehead atoms. The van der Waals surface area contributed by atoms with E-state index in [1.165, 1.54) is 6.07 Å². The van der Waals surface area contributed by atoms with E-state index in [1.54, 1.807) is 0 Å². The summed E-state index contributed by atoms with van der Waals surface area (Å²) in [6, 6.07) is 1.96. The normalized spacial score (nSPS) is 14.3. The number of hydrogen-bond acceptors (Lipinski definition) is 3. The molecule has 1 rings (SSSR count). The molecule has 0 saturated heterocycles. The summed E-state index contributed by atoms with van der Waals surface area (Å²) in [6.45, 7) is 6.45. The van der Waals surface area contributed by atoms with E-state index in [1.807, 2.05) is 6.92 Å². The molecule has 0 spiro atoms. The Kier molecular flexibility index (Phi) is 7.56. The van der Waals surface area contributed by atoms with Gasteiger partial charge in [0.1, 0.15) is 11.6 Å². The van der Waals surface area contributed by atoms with E-state index in [4.69, 9.17) is 4.74 Å². The average molecular weight is 366 g/mol. The highest BCUT2D eigenvalue weighted by Gasteiger charge is 2.13. The molecule has 0 aliphatic carbocycles. The van der Waals surface area contributed by atoms with Crippen LogP contribution in [0.1, 0.15) is 27.2 Å². The Balaban J connectivity index is 2.41. The largest absolute Gasteiger partial charge is 0.389 e. The molecule has 1 aromatic carbocycles. The van der Waals surface area contributed by atoms with Gasteiger partial charge in [-0.3, -0.25) is 0 Å². The quantitative estimate of drug-likeness (QED) is 0.732. The van der Waals surface area contributed by atoms with Gasteiger partial charge in [-0.2, -0.15) is 0 Å². The lowest BCUT2D eigenvalue weighted by atomic mass is 10.1. The minimum Gasteiger partial charge on any atom is -0.389 e.